The van der Waals surface area contributed by atoms with E-state index >= 15 is 0 Å². The molecule has 28 heavy (non-hydrogen) atoms. The van der Waals surface area contributed by atoms with E-state index in [4.69, 9.17) is 4.74 Å². The average molecular weight is 394 g/mol. The number of nitrogens with zero attached hydrogens (tertiary/aromatic N) is 4. The van der Waals surface area contributed by atoms with Crippen molar-refractivity contribution in [2.75, 3.05) is 26.3 Å². The van der Waals surface area contributed by atoms with Crippen molar-refractivity contribution in [3.63, 3.8) is 0 Å². The van der Waals surface area contributed by atoms with Gasteiger partial charge in [-0.25, -0.2) is 9.97 Å². The van der Waals surface area contributed by atoms with Crippen molar-refractivity contribution in [2.24, 2.45) is 0 Å². The summed E-state index contributed by atoms with van der Waals surface area (Å²) in [5, 5.41) is 11.3. The van der Waals surface area contributed by atoms with Crippen molar-refractivity contribution in [1.82, 2.24) is 14.9 Å². The number of morpholine rings is 1. The summed E-state index contributed by atoms with van der Waals surface area (Å²) < 4.78 is 44.1. The van der Waals surface area contributed by atoms with E-state index in [-0.39, 0.29) is 22.5 Å². The molecule has 4 rings (SSSR count). The van der Waals surface area contributed by atoms with Gasteiger partial charge in [0.25, 0.3) is 5.69 Å². The van der Waals surface area contributed by atoms with Crippen LogP contribution in [0.15, 0.2) is 18.3 Å². The molecule has 1 aromatic carbocycles. The Kier molecular flexibility index (Phi) is 4.35. The Bertz CT molecular complexity index is 987. The Morgan fingerprint density at radius 1 is 1.21 bits per heavy atom. The Morgan fingerprint density at radius 2 is 1.93 bits per heavy atom. The normalized spacial score (nSPS) is 16.8. The van der Waals surface area contributed by atoms with E-state index in [0.717, 1.165) is 12.3 Å². The van der Waals surface area contributed by atoms with Crippen molar-refractivity contribution >= 4 is 11.5 Å². The molecule has 0 N–H and O–H groups in total. The molecule has 1 aromatic heterocycles. The van der Waals surface area contributed by atoms with Gasteiger partial charge in [-0.1, -0.05) is 0 Å². The van der Waals surface area contributed by atoms with Gasteiger partial charge in [0, 0.05) is 54.7 Å². The highest BCUT2D eigenvalue weighted by atomic mass is 19.4. The molecule has 0 atom stereocenters. The fraction of sp³-hybridized carbons (Fsp3) is 0.353. The third-order valence-corrected chi connectivity index (χ3v) is 4.68. The highest BCUT2D eigenvalue weighted by Gasteiger charge is 2.39. The largest absolute Gasteiger partial charge is 0.451 e. The SMILES string of the molecule is O=C1c2cc([N+](=O)[O-])cc(CN3CCOCC3)c2-c2cnc(C(F)(F)F)nc21. The standard InChI is InChI=1S/C17H13F3N4O4/c18-17(19,20)16-21-7-12-13-9(8-23-1-3-28-4-2-23)5-10(24(26)27)6-11(13)15(25)14(12)22-16/h5-7H,1-4,8H2. The zero-order valence-corrected chi connectivity index (χ0v) is 14.3. The number of ether oxygens (including phenoxy) is 1. The van der Waals surface area contributed by atoms with Gasteiger partial charge < -0.3 is 4.74 Å². The predicted molar refractivity (Wildman–Crippen MR) is 88.7 cm³/mol. The number of hydrogen-bond acceptors (Lipinski definition) is 7. The van der Waals surface area contributed by atoms with Crippen molar-refractivity contribution in [1.29, 1.82) is 0 Å². The summed E-state index contributed by atoms with van der Waals surface area (Å²) in [4.78, 5) is 32.1. The zero-order valence-electron chi connectivity index (χ0n) is 14.3. The van der Waals surface area contributed by atoms with Gasteiger partial charge in [0.05, 0.1) is 18.1 Å². The number of non-ortho nitro benzene ring substituents is 1. The van der Waals surface area contributed by atoms with E-state index in [1.807, 2.05) is 4.90 Å². The van der Waals surface area contributed by atoms with Crippen LogP contribution in [0.4, 0.5) is 18.9 Å². The van der Waals surface area contributed by atoms with Crippen LogP contribution >= 0.6 is 0 Å². The Hall–Kier alpha value is -2.92. The lowest BCUT2D eigenvalue weighted by Crippen LogP contribution is -2.35. The Labute approximate surface area is 156 Å². The number of ketones is 1. The van der Waals surface area contributed by atoms with Crippen LogP contribution in [0, 0.1) is 10.1 Å². The number of alkyl halides is 3. The molecule has 0 bridgehead atoms. The molecule has 0 amide bonds. The molecular formula is C17H13F3N4O4. The smallest absolute Gasteiger partial charge is 0.379 e. The summed E-state index contributed by atoms with van der Waals surface area (Å²) in [5.74, 6) is -2.19. The van der Waals surface area contributed by atoms with Crippen LogP contribution in [0.2, 0.25) is 0 Å². The number of rotatable bonds is 3. The molecule has 146 valence electrons. The molecule has 2 heterocycles. The molecular weight excluding hydrogens is 381 g/mol. The number of benzene rings is 1. The van der Waals surface area contributed by atoms with Crippen LogP contribution in [-0.2, 0) is 17.5 Å². The summed E-state index contributed by atoms with van der Waals surface area (Å²) in [6.07, 6.45) is -3.84. The highest BCUT2D eigenvalue weighted by Crippen LogP contribution is 2.41. The monoisotopic (exact) mass is 394 g/mol. The van der Waals surface area contributed by atoms with E-state index in [9.17, 15) is 28.1 Å². The van der Waals surface area contributed by atoms with E-state index < -0.39 is 22.7 Å². The number of carbonyl (C=O) groups excluding carboxylic acids is 1. The number of hydrogen-bond donors (Lipinski definition) is 0. The maximum Gasteiger partial charge on any atom is 0.451 e. The van der Waals surface area contributed by atoms with Crippen LogP contribution in [0.1, 0.15) is 27.4 Å². The quantitative estimate of drug-likeness (QED) is 0.497. The molecule has 1 aliphatic carbocycles. The van der Waals surface area contributed by atoms with Gasteiger partial charge in [-0.3, -0.25) is 19.8 Å². The van der Waals surface area contributed by atoms with Crippen LogP contribution in [0.25, 0.3) is 11.1 Å². The highest BCUT2D eigenvalue weighted by molar-refractivity contribution is 6.21. The van der Waals surface area contributed by atoms with E-state index in [1.54, 1.807) is 0 Å². The van der Waals surface area contributed by atoms with Gasteiger partial charge in [0.2, 0.25) is 11.6 Å². The first-order valence-electron chi connectivity index (χ1n) is 8.36. The molecule has 1 aliphatic heterocycles. The number of aromatic nitrogens is 2. The van der Waals surface area contributed by atoms with Crippen molar-refractivity contribution in [2.45, 2.75) is 12.7 Å². The number of fused-ring (bicyclic) bond motifs is 3. The summed E-state index contributed by atoms with van der Waals surface area (Å²) in [6, 6.07) is 2.42. The van der Waals surface area contributed by atoms with Crippen LogP contribution in [0.5, 0.6) is 0 Å². The predicted octanol–water partition coefficient (Wildman–Crippen LogP) is 2.45. The van der Waals surface area contributed by atoms with E-state index in [0.29, 0.717) is 44.0 Å². The number of nitro benzene ring substituents is 1. The Morgan fingerprint density at radius 3 is 2.57 bits per heavy atom. The minimum absolute atomic E-state index is 0.0268. The number of halogens is 3. The first-order chi connectivity index (χ1) is 13.3. The lowest BCUT2D eigenvalue weighted by molar-refractivity contribution is -0.384. The van der Waals surface area contributed by atoms with Crippen LogP contribution in [-0.4, -0.2) is 51.9 Å². The van der Waals surface area contributed by atoms with Crippen molar-refractivity contribution in [3.05, 3.63) is 51.1 Å². The summed E-state index contributed by atoms with van der Waals surface area (Å²) in [6.45, 7) is 2.50. The molecule has 11 heteroatoms. The van der Waals surface area contributed by atoms with Gasteiger partial charge in [0.1, 0.15) is 5.69 Å². The van der Waals surface area contributed by atoms with Gasteiger partial charge in [-0.2, -0.15) is 13.2 Å². The summed E-state index contributed by atoms with van der Waals surface area (Å²) in [7, 11) is 0. The Balaban J connectivity index is 1.85. The maximum absolute atomic E-state index is 12.9. The number of carbonyl (C=O) groups is 1. The number of nitro groups is 1. The maximum atomic E-state index is 12.9. The lowest BCUT2D eigenvalue weighted by Gasteiger charge is -2.27. The molecule has 8 nitrogen and oxygen atoms in total. The van der Waals surface area contributed by atoms with E-state index in [2.05, 4.69) is 9.97 Å². The van der Waals surface area contributed by atoms with Gasteiger partial charge in [-0.15, -0.1) is 0 Å². The second-order valence-corrected chi connectivity index (χ2v) is 6.46. The fourth-order valence-electron chi connectivity index (χ4n) is 3.41. The zero-order chi connectivity index (χ0) is 20.1. The molecule has 0 saturated carbocycles. The molecule has 1 saturated heterocycles. The topological polar surface area (TPSA) is 98.5 Å². The lowest BCUT2D eigenvalue weighted by atomic mass is 9.99. The van der Waals surface area contributed by atoms with Crippen LogP contribution < -0.4 is 0 Å². The van der Waals surface area contributed by atoms with Gasteiger partial charge in [0.15, 0.2) is 0 Å². The average Bonchev–Trinajstić information content (AvgIpc) is 2.94. The fourth-order valence-corrected chi connectivity index (χ4v) is 3.41. The minimum atomic E-state index is -4.80. The summed E-state index contributed by atoms with van der Waals surface area (Å²) >= 11 is 0. The molecule has 1 fully saturated rings. The summed E-state index contributed by atoms with van der Waals surface area (Å²) in [5.41, 5.74) is 0.271. The van der Waals surface area contributed by atoms with Gasteiger partial charge in [-0.05, 0) is 5.56 Å². The van der Waals surface area contributed by atoms with Crippen LogP contribution in [0.3, 0.4) is 0 Å². The minimum Gasteiger partial charge on any atom is -0.379 e. The molecule has 0 unspecified atom stereocenters. The first kappa shape index (κ1) is 18.4. The molecule has 0 radical (unpaired) electrons. The third kappa shape index (κ3) is 3.12. The molecule has 2 aromatic rings. The van der Waals surface area contributed by atoms with E-state index in [1.165, 1.54) is 6.07 Å². The van der Waals surface area contributed by atoms with Crippen molar-refractivity contribution in [3.8, 4) is 11.1 Å². The van der Waals surface area contributed by atoms with Gasteiger partial charge >= 0.3 is 6.18 Å². The second kappa shape index (κ2) is 6.60. The third-order valence-electron chi connectivity index (χ3n) is 4.68. The first-order valence-corrected chi connectivity index (χ1v) is 8.36. The molecule has 0 spiro atoms. The second-order valence-electron chi connectivity index (χ2n) is 6.46. The molecule has 2 aliphatic rings. The van der Waals surface area contributed by atoms with Crippen molar-refractivity contribution < 1.29 is 27.6 Å².